The molecule has 1 aliphatic heterocycles. The number of carbonyl (C=O) groups excluding carboxylic acids is 2. The van der Waals surface area contributed by atoms with E-state index in [1.807, 2.05) is 12.1 Å². The molecule has 1 fully saturated rings. The number of ketones is 1. The predicted molar refractivity (Wildman–Crippen MR) is 120 cm³/mol. The Morgan fingerprint density at radius 3 is 2.52 bits per heavy atom. The van der Waals surface area contributed by atoms with Gasteiger partial charge >= 0.3 is 0 Å². The molecule has 1 aromatic heterocycles. The maximum absolute atomic E-state index is 12.9. The minimum Gasteiger partial charge on any atom is -0.331 e. The molecular weight excluding hydrogens is 434 g/mol. The van der Waals surface area contributed by atoms with Crippen LogP contribution in [0.5, 0.6) is 0 Å². The number of nitrogens with zero attached hydrogens (tertiary/aromatic N) is 2. The normalized spacial score (nSPS) is 17.4. The average Bonchev–Trinajstić information content (AvgIpc) is 3.33. The molecule has 31 heavy (non-hydrogen) atoms. The van der Waals surface area contributed by atoms with E-state index in [4.69, 9.17) is 0 Å². The van der Waals surface area contributed by atoms with E-state index < -0.39 is 9.84 Å². The van der Waals surface area contributed by atoms with E-state index >= 15 is 0 Å². The Hall–Kier alpha value is -2.91. The highest BCUT2D eigenvalue weighted by Gasteiger charge is 2.29. The van der Waals surface area contributed by atoms with Gasteiger partial charge in [0.1, 0.15) is 0 Å². The topological polar surface area (TPSA) is 98.1 Å². The van der Waals surface area contributed by atoms with Crippen LogP contribution >= 0.6 is 11.8 Å². The summed E-state index contributed by atoms with van der Waals surface area (Å²) in [6, 6.07) is 13.8. The largest absolute Gasteiger partial charge is 0.331 e. The van der Waals surface area contributed by atoms with Crippen molar-refractivity contribution < 1.29 is 18.0 Å². The van der Waals surface area contributed by atoms with Crippen molar-refractivity contribution in [3.05, 3.63) is 77.9 Å². The van der Waals surface area contributed by atoms with Crippen LogP contribution in [0.15, 0.2) is 65.8 Å². The second-order valence-electron chi connectivity index (χ2n) is 7.36. The Kier molecular flexibility index (Phi) is 5.97. The molecular formula is C22H21N3O4S2. The molecule has 1 amide bonds. The smallest absolute Gasteiger partial charge is 0.256 e. The third kappa shape index (κ3) is 4.88. The molecule has 1 N–H and O–H groups in total. The number of sulfone groups is 1. The number of hydrogen-bond acceptors (Lipinski definition) is 6. The minimum atomic E-state index is -2.98. The van der Waals surface area contributed by atoms with Crippen LogP contribution in [0.3, 0.4) is 0 Å². The Balaban J connectivity index is 1.46. The van der Waals surface area contributed by atoms with E-state index in [1.54, 1.807) is 60.4 Å². The lowest BCUT2D eigenvalue weighted by Crippen LogP contribution is -2.14. The van der Waals surface area contributed by atoms with E-state index in [2.05, 4.69) is 10.3 Å². The number of hydrogen-bond donors (Lipinski definition) is 1. The molecule has 1 saturated heterocycles. The van der Waals surface area contributed by atoms with Crippen LogP contribution in [-0.2, 0) is 16.9 Å². The van der Waals surface area contributed by atoms with Crippen LogP contribution in [0.1, 0.15) is 33.0 Å². The number of aryl methyl sites for hydroxylation is 1. The van der Waals surface area contributed by atoms with Crippen molar-refractivity contribution in [1.29, 1.82) is 0 Å². The second kappa shape index (κ2) is 8.68. The third-order valence-electron chi connectivity index (χ3n) is 5.05. The molecule has 2 aromatic carbocycles. The minimum absolute atomic E-state index is 0.0460. The molecule has 2 heterocycles. The van der Waals surface area contributed by atoms with Gasteiger partial charge in [0.25, 0.3) is 5.91 Å². The molecule has 0 radical (unpaired) electrons. The standard InChI is InChI=1S/C22H21N3O4S2/c1-25-12-11-23-21(25)20(26)15-6-8-16(9-7-15)24-22(27)18-4-2-3-5-19(18)30-17-10-13-31(28,29)14-17/h2-9,11-12,17H,10,13-14H2,1H3,(H,24,27). The SMILES string of the molecule is Cn1ccnc1C(=O)c1ccc(NC(=O)c2ccccc2SC2CCS(=O)(=O)C2)cc1. The number of anilines is 1. The quantitative estimate of drug-likeness (QED) is 0.573. The summed E-state index contributed by atoms with van der Waals surface area (Å²) in [5.74, 6) is 0.198. The number of benzene rings is 2. The molecule has 0 spiro atoms. The van der Waals surface area contributed by atoms with Gasteiger partial charge in [0, 0.05) is 40.8 Å². The molecule has 0 saturated carbocycles. The summed E-state index contributed by atoms with van der Waals surface area (Å²) in [4.78, 5) is 30.2. The van der Waals surface area contributed by atoms with Crippen LogP contribution in [0.2, 0.25) is 0 Å². The summed E-state index contributed by atoms with van der Waals surface area (Å²) in [6.07, 6.45) is 3.87. The highest BCUT2D eigenvalue weighted by molar-refractivity contribution is 8.02. The summed E-state index contributed by atoms with van der Waals surface area (Å²) < 4.78 is 25.1. The first kappa shape index (κ1) is 21.3. The van der Waals surface area contributed by atoms with Crippen molar-refractivity contribution in [3.8, 4) is 0 Å². The lowest BCUT2D eigenvalue weighted by Gasteiger charge is -2.13. The number of aromatic nitrogens is 2. The van der Waals surface area contributed by atoms with Crippen LogP contribution in [0.25, 0.3) is 0 Å². The first-order chi connectivity index (χ1) is 14.8. The van der Waals surface area contributed by atoms with Crippen LogP contribution in [0, 0.1) is 0 Å². The van der Waals surface area contributed by atoms with Gasteiger partial charge < -0.3 is 9.88 Å². The van der Waals surface area contributed by atoms with Crippen molar-refractivity contribution in [1.82, 2.24) is 9.55 Å². The number of amides is 1. The van der Waals surface area contributed by atoms with Crippen molar-refractivity contribution in [2.24, 2.45) is 7.05 Å². The maximum atomic E-state index is 12.9. The van der Waals surface area contributed by atoms with E-state index in [-0.39, 0.29) is 28.4 Å². The maximum Gasteiger partial charge on any atom is 0.256 e. The van der Waals surface area contributed by atoms with Gasteiger partial charge in [0.05, 0.1) is 17.1 Å². The predicted octanol–water partition coefficient (Wildman–Crippen LogP) is 3.18. The number of rotatable bonds is 6. The van der Waals surface area contributed by atoms with Gasteiger partial charge in [-0.05, 0) is 42.8 Å². The van der Waals surface area contributed by atoms with Gasteiger partial charge in [-0.15, -0.1) is 11.8 Å². The fourth-order valence-electron chi connectivity index (χ4n) is 3.41. The lowest BCUT2D eigenvalue weighted by molar-refractivity contribution is 0.101. The van der Waals surface area contributed by atoms with E-state index in [1.165, 1.54) is 11.8 Å². The Bertz CT molecular complexity index is 1230. The highest BCUT2D eigenvalue weighted by Crippen LogP contribution is 2.33. The highest BCUT2D eigenvalue weighted by atomic mass is 32.2. The fraction of sp³-hybridized carbons (Fsp3) is 0.227. The summed E-state index contributed by atoms with van der Waals surface area (Å²) in [7, 11) is -1.23. The van der Waals surface area contributed by atoms with Crippen molar-refractivity contribution in [3.63, 3.8) is 0 Å². The zero-order valence-corrected chi connectivity index (χ0v) is 18.4. The molecule has 1 unspecified atom stereocenters. The Morgan fingerprint density at radius 2 is 1.87 bits per heavy atom. The number of nitrogens with one attached hydrogen (secondary N) is 1. The molecule has 1 aliphatic rings. The lowest BCUT2D eigenvalue weighted by atomic mass is 10.1. The van der Waals surface area contributed by atoms with Gasteiger partial charge in [-0.3, -0.25) is 9.59 Å². The molecule has 1 atom stereocenters. The third-order valence-corrected chi connectivity index (χ3v) is 8.37. The van der Waals surface area contributed by atoms with Gasteiger partial charge in [-0.2, -0.15) is 0 Å². The van der Waals surface area contributed by atoms with Crippen LogP contribution < -0.4 is 5.32 Å². The van der Waals surface area contributed by atoms with Gasteiger partial charge in [-0.1, -0.05) is 12.1 Å². The van der Waals surface area contributed by atoms with Crippen LogP contribution in [-0.4, -0.2) is 46.4 Å². The molecule has 4 rings (SSSR count). The van der Waals surface area contributed by atoms with Gasteiger partial charge in [-0.25, -0.2) is 13.4 Å². The average molecular weight is 456 g/mol. The first-order valence-corrected chi connectivity index (χ1v) is 12.4. The number of imidazole rings is 1. The van der Waals surface area contributed by atoms with E-state index in [9.17, 15) is 18.0 Å². The summed E-state index contributed by atoms with van der Waals surface area (Å²) in [5.41, 5.74) is 1.53. The molecule has 0 bridgehead atoms. The molecule has 160 valence electrons. The Morgan fingerprint density at radius 1 is 1.13 bits per heavy atom. The van der Waals surface area contributed by atoms with Crippen molar-refractivity contribution in [2.45, 2.75) is 16.6 Å². The van der Waals surface area contributed by atoms with Crippen LogP contribution in [0.4, 0.5) is 5.69 Å². The van der Waals surface area contributed by atoms with Gasteiger partial charge in [0.15, 0.2) is 15.7 Å². The summed E-state index contributed by atoms with van der Waals surface area (Å²) >= 11 is 1.43. The monoisotopic (exact) mass is 455 g/mol. The zero-order chi connectivity index (χ0) is 22.0. The molecule has 0 aliphatic carbocycles. The molecule has 7 nitrogen and oxygen atoms in total. The fourth-order valence-corrected chi connectivity index (χ4v) is 7.03. The van der Waals surface area contributed by atoms with Gasteiger partial charge in [0.2, 0.25) is 5.78 Å². The number of carbonyl (C=O) groups is 2. The molecule has 3 aromatic rings. The summed E-state index contributed by atoms with van der Waals surface area (Å²) in [6.45, 7) is 0. The van der Waals surface area contributed by atoms with E-state index in [0.717, 1.165) is 4.90 Å². The second-order valence-corrected chi connectivity index (χ2v) is 10.9. The van der Waals surface area contributed by atoms with Crippen molar-refractivity contribution >= 4 is 39.0 Å². The number of thioether (sulfide) groups is 1. The van der Waals surface area contributed by atoms with Crippen molar-refractivity contribution in [2.75, 3.05) is 16.8 Å². The molecule has 9 heteroatoms. The first-order valence-electron chi connectivity index (χ1n) is 9.72. The zero-order valence-electron chi connectivity index (χ0n) is 16.8. The Labute approximate surface area is 184 Å². The van der Waals surface area contributed by atoms with E-state index in [0.29, 0.717) is 29.1 Å². The summed E-state index contributed by atoms with van der Waals surface area (Å²) in [5, 5.41) is 2.80.